The van der Waals surface area contributed by atoms with Crippen LogP contribution in [0.15, 0.2) is 111 Å². The molecule has 12 bridgehead atoms. The lowest BCUT2D eigenvalue weighted by Crippen LogP contribution is -2.46. The fourth-order valence-corrected chi connectivity index (χ4v) is 31.2. The molecule has 6 saturated carbocycles. The van der Waals surface area contributed by atoms with Crippen molar-refractivity contribution in [3.05, 3.63) is 128 Å². The first kappa shape index (κ1) is 113. The highest BCUT2D eigenvalue weighted by Gasteiger charge is 2.70. The topological polar surface area (TPSA) is 425 Å². The van der Waals surface area contributed by atoms with Crippen LogP contribution < -0.4 is 28.4 Å². The van der Waals surface area contributed by atoms with Gasteiger partial charge in [0, 0.05) is 73.3 Å². The number of amides is 3. The zero-order chi connectivity index (χ0) is 107. The molecule has 0 spiro atoms. The lowest BCUT2D eigenvalue weighted by Gasteiger charge is -2.32. The zero-order valence-electron chi connectivity index (χ0n) is 88.6. The van der Waals surface area contributed by atoms with Gasteiger partial charge in [-0.15, -0.1) is 19.7 Å². The maximum absolute atomic E-state index is 14.7. The number of Topliss-reactive ketones (excluding diaryl/α,β-unsaturated/α-hetero) is 3. The average molecular weight is 2130 g/mol. The number of aryl methyl sites for hydroxylation is 3. The summed E-state index contributed by atoms with van der Waals surface area (Å²) in [5.74, 6) is -2.38. The van der Waals surface area contributed by atoms with Gasteiger partial charge in [0.2, 0.25) is 35.4 Å². The maximum Gasteiger partial charge on any atom is 0.335 e. The molecule has 6 aliphatic heterocycles. The number of fused-ring (bicyclic) bond motifs is 9. The molecule has 19 atom stereocenters. The van der Waals surface area contributed by atoms with E-state index in [1.807, 2.05) is 54.6 Å². The Labute approximate surface area is 880 Å². The van der Waals surface area contributed by atoms with Crippen molar-refractivity contribution < 1.29 is 128 Å². The molecule has 6 aromatic rings. The van der Waals surface area contributed by atoms with Gasteiger partial charge in [0.15, 0.2) is 17.3 Å². The molecule has 150 heavy (non-hydrogen) atoms. The van der Waals surface area contributed by atoms with Crippen LogP contribution in [0.4, 0.5) is 0 Å². The molecule has 9 unspecified atom stereocenters. The summed E-state index contributed by atoms with van der Waals surface area (Å²) in [6, 6.07) is 15.0. The molecule has 33 nitrogen and oxygen atoms in total. The number of esters is 3. The lowest BCUT2D eigenvalue weighted by atomic mass is 9.86. The fraction of sp³-hybridized carbons (Fsp3) is 0.632. The minimum absolute atomic E-state index is 0.00235. The van der Waals surface area contributed by atoms with Crippen LogP contribution in [0.2, 0.25) is 0 Å². The number of benzene rings is 3. The summed E-state index contributed by atoms with van der Waals surface area (Å²) in [6.07, 6.45) is 27.5. The summed E-state index contributed by atoms with van der Waals surface area (Å²) in [6.45, 7) is 23.8. The Hall–Kier alpha value is -9.81. The third-order valence-electron chi connectivity index (χ3n) is 34.1. The van der Waals surface area contributed by atoms with Crippen molar-refractivity contribution in [2.75, 3.05) is 80.6 Å². The highest BCUT2D eigenvalue weighted by atomic mass is 31.2. The Kier molecular flexibility index (Phi) is 36.4. The van der Waals surface area contributed by atoms with E-state index in [9.17, 15) is 71.5 Å². The van der Waals surface area contributed by atoms with E-state index in [0.29, 0.717) is 43.3 Å². The number of cyclic esters (lactones) is 3. The van der Waals surface area contributed by atoms with E-state index in [2.05, 4.69) is 55.5 Å². The van der Waals surface area contributed by atoms with Gasteiger partial charge in [-0.3, -0.25) is 56.8 Å². The Balaban J connectivity index is 0.000000160. The monoisotopic (exact) mass is 2130 g/mol. The minimum atomic E-state index is -4.19. The molecule has 18 rings (SSSR count). The summed E-state index contributed by atoms with van der Waals surface area (Å²) in [7, 11) is -7.60. The Morgan fingerprint density at radius 2 is 0.767 bits per heavy atom. The van der Waals surface area contributed by atoms with Crippen molar-refractivity contribution in [3.8, 4) is 34.9 Å². The molecular formula is C114H153N6O27P3. The quantitative estimate of drug-likeness (QED) is 0.0187. The summed E-state index contributed by atoms with van der Waals surface area (Å²) in [5, 5.41) is 1.28. The SMILES string of the molecule is C=CC1CC1(CC(=O)[C@@H]1C[C@@H]2CN1C(=O)[C@H](C1CCCC1)CC(=O)OCC(C)(C)CCCc1cc3c(nccc3cc1OC)O2)P(=O)(O)OCC.C=CC1CC1(CC(=O)[C@@H]1C[C@@H]2CN1C(=O)[C@H](C1CCCC1)CC(=O)OCCCCCc1cc3c(nccc3cc1OC)O2)P(=O)(O)OCC.C=CC1CC1(CC(=O)[C@@H]1C[C@@H]2CN1C(=O)[C@H](C1CCCC1)CC(=O)OC[C@@H](C)CCCc1cc3c(nccc3cc1OC)O2)P(=O)(O)OCC. The van der Waals surface area contributed by atoms with Crippen LogP contribution in [0.1, 0.15) is 257 Å². The van der Waals surface area contributed by atoms with Crippen molar-refractivity contribution in [3.63, 3.8) is 0 Å². The molecule has 816 valence electrons. The minimum Gasteiger partial charge on any atom is -0.496 e. The van der Waals surface area contributed by atoms with Gasteiger partial charge in [0.1, 0.15) is 35.6 Å². The number of pyridine rings is 3. The molecule has 36 heteroatoms. The first-order chi connectivity index (χ1) is 71.9. The van der Waals surface area contributed by atoms with Crippen LogP contribution >= 0.6 is 22.8 Å². The van der Waals surface area contributed by atoms with Crippen LogP contribution in [-0.2, 0) is 104 Å². The molecule has 3 N–H and O–H groups in total. The number of carbonyl (C=O) groups is 9. The van der Waals surface area contributed by atoms with Gasteiger partial charge in [-0.1, -0.05) is 77.5 Å². The van der Waals surface area contributed by atoms with Crippen molar-refractivity contribution in [2.24, 2.45) is 64.6 Å². The normalized spacial score (nSPS) is 30.0. The van der Waals surface area contributed by atoms with Crippen LogP contribution in [0.25, 0.3) is 32.3 Å². The van der Waals surface area contributed by atoms with E-state index < -0.39 is 110 Å². The molecular weight excluding hydrogens is 1980 g/mol. The van der Waals surface area contributed by atoms with Gasteiger partial charge in [-0.25, -0.2) is 15.0 Å². The average Bonchev–Trinajstić information content (AvgIpc) is 1.56. The van der Waals surface area contributed by atoms with Gasteiger partial charge in [-0.05, 0) is 277 Å². The van der Waals surface area contributed by atoms with Crippen LogP contribution in [-0.4, -0.2) is 230 Å². The lowest BCUT2D eigenvalue weighted by molar-refractivity contribution is -0.153. The molecule has 3 aromatic heterocycles. The van der Waals surface area contributed by atoms with Gasteiger partial charge >= 0.3 is 40.7 Å². The number of carbonyl (C=O) groups excluding carboxylic acids is 9. The molecule has 3 saturated heterocycles. The number of ether oxygens (including phenoxy) is 9. The van der Waals surface area contributed by atoms with Crippen LogP contribution in [0, 0.1) is 64.6 Å². The number of aromatic nitrogens is 3. The predicted molar refractivity (Wildman–Crippen MR) is 564 cm³/mol. The van der Waals surface area contributed by atoms with E-state index >= 15 is 0 Å². The van der Waals surface area contributed by atoms with Crippen LogP contribution in [0.5, 0.6) is 34.9 Å². The second-order valence-corrected chi connectivity index (χ2v) is 51.2. The standard InChI is InChI=1S/C39H53N2O9P.C38H51N2O9P.C37H49N2O9P/c1-6-28-21-39(28,51(45,46)49-7-2)22-33(42)32-19-29-23-41(32)37(44)31(25-11-8-9-12-25)20-35(43)48-24-38(3,4)15-10-13-27-17-30-26(18-34(27)47-5)14-16-40-36(30)50-29;1-5-28-20-38(28,50(44,45)48-6-2)21-33(41)32-18-29-22-40(32)37(43)31(25-11-7-8-12-25)19-35(42)47-23-24(3)10-9-13-27-16-30-26(17-34(27)46-4)14-15-39-36(30)49-29;1-4-27-21-37(27,49(43,44)47-5-2)22-32(40)31-19-28-23-39(31)36(42)30(24-11-8-9-12-24)20-34(41)46-16-10-6-7-13-26-17-29-25(18-33(26)45-3)14-15-38-35(29)48-28/h6,14,16-18,25,28-29,31-32H,1,7-13,15,19-24H2,2-5H3,(H,45,46);5,14-17,24-25,28-29,31-32H,1,6-13,18-23H2,2-4H3,(H,44,45);4,14-15,17-18,24,27-28,30-31H,1,5-13,16,19-23H2,2-3H3,(H,43,44)/t28?,29-,31+,32+,39?;24-,28?,29+,31-,32-,38?;27?,28-,30+,31+,37?/m101/s1. The van der Waals surface area contributed by atoms with Gasteiger partial charge in [-0.2, -0.15) is 0 Å². The Morgan fingerprint density at radius 3 is 1.09 bits per heavy atom. The van der Waals surface area contributed by atoms with Gasteiger partial charge in [0.25, 0.3) is 0 Å². The number of methoxy groups -OCH3 is 3. The van der Waals surface area contributed by atoms with E-state index in [-0.39, 0.29) is 199 Å². The van der Waals surface area contributed by atoms with Crippen molar-refractivity contribution in [1.29, 1.82) is 0 Å². The smallest absolute Gasteiger partial charge is 0.335 e. The zero-order valence-corrected chi connectivity index (χ0v) is 91.3. The number of nitrogens with zero attached hydrogens (tertiary/aromatic N) is 6. The largest absolute Gasteiger partial charge is 0.496 e. The molecule has 9 fully saturated rings. The first-order valence-corrected chi connectivity index (χ1v) is 59.3. The molecule has 0 radical (unpaired) electrons. The molecule has 6 aliphatic carbocycles. The maximum atomic E-state index is 14.7. The van der Waals surface area contributed by atoms with E-state index in [1.54, 1.807) is 93.6 Å². The van der Waals surface area contributed by atoms with Gasteiger partial charge in [0.05, 0.1) is 151 Å². The summed E-state index contributed by atoms with van der Waals surface area (Å²) in [5.41, 5.74) is 2.73. The third kappa shape index (κ3) is 24.9. The Bertz CT molecular complexity index is 6140. The van der Waals surface area contributed by atoms with Crippen molar-refractivity contribution >= 4 is 108 Å². The van der Waals surface area contributed by atoms with Gasteiger partial charge < -0.3 is 85.6 Å². The van der Waals surface area contributed by atoms with Crippen molar-refractivity contribution in [2.45, 2.75) is 312 Å². The third-order valence-corrected chi connectivity index (χ3v) is 41.4. The molecule has 3 amide bonds. The number of rotatable bonds is 27. The second kappa shape index (κ2) is 48.5. The van der Waals surface area contributed by atoms with E-state index in [4.69, 9.17) is 56.2 Å². The number of hydrogen-bond acceptors (Lipinski definition) is 27. The molecule has 12 aliphatic rings. The van der Waals surface area contributed by atoms with Crippen LogP contribution in [0.3, 0.4) is 0 Å². The highest BCUT2D eigenvalue weighted by molar-refractivity contribution is 7.55. The number of ketones is 3. The van der Waals surface area contributed by atoms with Crippen molar-refractivity contribution in [1.82, 2.24) is 29.7 Å². The summed E-state index contributed by atoms with van der Waals surface area (Å²) in [4.78, 5) is 178. The summed E-state index contributed by atoms with van der Waals surface area (Å²) >= 11 is 0. The van der Waals surface area contributed by atoms with E-state index in [1.165, 1.54) is 0 Å². The molecule has 9 heterocycles. The first-order valence-electron chi connectivity index (χ1n) is 54.5. The summed E-state index contributed by atoms with van der Waals surface area (Å²) < 4.78 is 111. The number of allylic oxidation sites excluding steroid dienone is 3. The number of hydrogen-bond donors (Lipinski definition) is 3. The second-order valence-electron chi connectivity index (χ2n) is 44.6. The Morgan fingerprint density at radius 1 is 0.440 bits per heavy atom. The predicted octanol–water partition coefficient (Wildman–Crippen LogP) is 19.4. The molecule has 3 aromatic carbocycles. The fourth-order valence-electron chi connectivity index (χ4n) is 25.4. The highest BCUT2D eigenvalue weighted by Crippen LogP contribution is 2.76. The van der Waals surface area contributed by atoms with E-state index in [0.717, 1.165) is 201 Å².